The topological polar surface area (TPSA) is 68.5 Å². The van der Waals surface area contributed by atoms with Crippen LogP contribution in [0.1, 0.15) is 11.1 Å². The van der Waals surface area contributed by atoms with Crippen molar-refractivity contribution in [3.05, 3.63) is 59.4 Å². The second kappa shape index (κ2) is 7.12. The minimum absolute atomic E-state index is 0.274. The van der Waals surface area contributed by atoms with Crippen molar-refractivity contribution < 1.29 is 18.6 Å². The lowest BCUT2D eigenvalue weighted by atomic mass is 10.1. The van der Waals surface area contributed by atoms with Crippen LogP contribution in [0, 0.1) is 5.82 Å². The fourth-order valence-electron chi connectivity index (χ4n) is 2.46. The molecule has 3 rings (SSSR count). The van der Waals surface area contributed by atoms with Crippen LogP contribution in [0.5, 0.6) is 0 Å². The zero-order valence-electron chi connectivity index (χ0n) is 13.8. The normalized spacial score (nSPS) is 11.2. The summed E-state index contributed by atoms with van der Waals surface area (Å²) >= 11 is 0. The van der Waals surface area contributed by atoms with Gasteiger partial charge in [0.05, 0.1) is 12.8 Å². The number of nitrogens with zero attached hydrogens (tertiary/aromatic N) is 3. The number of aromatic nitrogens is 2. The summed E-state index contributed by atoms with van der Waals surface area (Å²) in [6.07, 6.45) is 2.97. The first-order chi connectivity index (χ1) is 12.1. The minimum Gasteiger partial charge on any atom is -0.466 e. The second-order valence-electron chi connectivity index (χ2n) is 5.51. The number of ether oxygens (including phenoxy) is 1. The van der Waals surface area contributed by atoms with E-state index < -0.39 is 5.97 Å². The molecule has 0 unspecified atom stereocenters. The van der Waals surface area contributed by atoms with Crippen molar-refractivity contribution in [1.29, 1.82) is 0 Å². The summed E-state index contributed by atoms with van der Waals surface area (Å²) in [5, 5.41) is 7.82. The first-order valence-corrected chi connectivity index (χ1v) is 7.55. The van der Waals surface area contributed by atoms with Gasteiger partial charge >= 0.3 is 5.97 Å². The fourth-order valence-corrected chi connectivity index (χ4v) is 2.46. The van der Waals surface area contributed by atoms with E-state index in [1.165, 1.54) is 25.3 Å². The molecule has 1 heterocycles. The molecule has 0 fully saturated rings. The summed E-state index contributed by atoms with van der Waals surface area (Å²) in [7, 11) is 3.21. The maximum absolute atomic E-state index is 13.1. The third-order valence-electron chi connectivity index (χ3n) is 3.72. The van der Waals surface area contributed by atoms with Crippen LogP contribution >= 0.6 is 0 Å². The monoisotopic (exact) mass is 341 g/mol. The molecular formula is C18H16FN3O3. The second-order valence-corrected chi connectivity index (χ2v) is 5.51. The van der Waals surface area contributed by atoms with Crippen LogP contribution in [0.4, 0.5) is 10.1 Å². The molecule has 0 radical (unpaired) electrons. The molecule has 0 spiro atoms. The van der Waals surface area contributed by atoms with E-state index in [-0.39, 0.29) is 5.82 Å². The quantitative estimate of drug-likeness (QED) is 0.524. The Bertz CT molecular complexity index is 919. The third kappa shape index (κ3) is 3.82. The van der Waals surface area contributed by atoms with Crippen molar-refractivity contribution in [3.63, 3.8) is 0 Å². The zero-order chi connectivity index (χ0) is 17.8. The molecule has 0 N–H and O–H groups in total. The number of carbonyl (C=O) groups is 1. The van der Waals surface area contributed by atoms with E-state index in [0.717, 1.165) is 16.8 Å². The van der Waals surface area contributed by atoms with E-state index in [2.05, 4.69) is 15.1 Å². The lowest BCUT2D eigenvalue weighted by Crippen LogP contribution is -2.17. The number of hydrogen-bond donors (Lipinski definition) is 0. The van der Waals surface area contributed by atoms with Crippen molar-refractivity contribution in [3.8, 4) is 0 Å². The molecule has 7 heteroatoms. The van der Waals surface area contributed by atoms with Crippen molar-refractivity contribution in [2.24, 2.45) is 0 Å². The van der Waals surface area contributed by atoms with Gasteiger partial charge in [0.2, 0.25) is 0 Å². The molecule has 6 nitrogen and oxygen atoms in total. The van der Waals surface area contributed by atoms with E-state index in [1.807, 2.05) is 18.0 Å². The number of esters is 1. The van der Waals surface area contributed by atoms with Crippen LogP contribution in [-0.2, 0) is 16.1 Å². The molecule has 2 aromatic carbocycles. The average Bonchev–Trinajstić information content (AvgIpc) is 3.09. The number of rotatable bonds is 5. The van der Waals surface area contributed by atoms with E-state index >= 15 is 0 Å². The third-order valence-corrected chi connectivity index (χ3v) is 3.72. The fraction of sp³-hybridized carbons (Fsp3) is 0.167. The average molecular weight is 341 g/mol. The molecule has 0 saturated carbocycles. The van der Waals surface area contributed by atoms with Crippen LogP contribution in [-0.4, -0.2) is 30.4 Å². The van der Waals surface area contributed by atoms with Crippen LogP contribution in [0.25, 0.3) is 17.1 Å². The first kappa shape index (κ1) is 16.6. The Kier molecular flexibility index (Phi) is 4.74. The maximum atomic E-state index is 13.1. The maximum Gasteiger partial charge on any atom is 0.330 e. The molecule has 0 saturated heterocycles. The Labute approximate surface area is 143 Å². The summed E-state index contributed by atoms with van der Waals surface area (Å²) in [6, 6.07) is 9.93. The van der Waals surface area contributed by atoms with Crippen LogP contribution in [0.2, 0.25) is 0 Å². The van der Waals surface area contributed by atoms with Gasteiger partial charge in [0.1, 0.15) is 11.3 Å². The first-order valence-electron chi connectivity index (χ1n) is 7.55. The van der Waals surface area contributed by atoms with Gasteiger partial charge in [0.25, 0.3) is 0 Å². The Morgan fingerprint density at radius 2 is 2.04 bits per heavy atom. The van der Waals surface area contributed by atoms with Crippen LogP contribution < -0.4 is 4.90 Å². The van der Waals surface area contributed by atoms with E-state index in [4.69, 9.17) is 4.63 Å². The highest BCUT2D eigenvalue weighted by Gasteiger charge is 2.13. The molecule has 0 aliphatic heterocycles. The molecular weight excluding hydrogens is 325 g/mol. The lowest BCUT2D eigenvalue weighted by Gasteiger charge is -2.20. The highest BCUT2D eigenvalue weighted by atomic mass is 19.1. The predicted octanol–water partition coefficient (Wildman–Crippen LogP) is 3.18. The van der Waals surface area contributed by atoms with Gasteiger partial charge in [-0.05, 0) is 51.8 Å². The largest absolute Gasteiger partial charge is 0.466 e. The van der Waals surface area contributed by atoms with Gasteiger partial charge in [-0.1, -0.05) is 12.1 Å². The Morgan fingerprint density at radius 3 is 2.76 bits per heavy atom. The lowest BCUT2D eigenvalue weighted by molar-refractivity contribution is -0.134. The highest BCUT2D eigenvalue weighted by molar-refractivity contribution is 5.92. The summed E-state index contributed by atoms with van der Waals surface area (Å²) < 4.78 is 22.5. The molecule has 0 atom stereocenters. The zero-order valence-corrected chi connectivity index (χ0v) is 13.8. The summed E-state index contributed by atoms with van der Waals surface area (Å²) in [6.45, 7) is 0.548. The van der Waals surface area contributed by atoms with Gasteiger partial charge in [0.15, 0.2) is 5.52 Å². The van der Waals surface area contributed by atoms with Crippen molar-refractivity contribution in [2.45, 2.75) is 6.54 Å². The summed E-state index contributed by atoms with van der Waals surface area (Å²) in [4.78, 5) is 13.2. The van der Waals surface area contributed by atoms with Crippen molar-refractivity contribution >= 4 is 28.8 Å². The number of carbonyl (C=O) groups excluding carboxylic acids is 1. The molecule has 1 aromatic heterocycles. The number of benzene rings is 2. The molecule has 0 aliphatic carbocycles. The SMILES string of the molecule is COC(=O)/C=C/c1cc(N(C)Cc2ccc(F)cc2)c2nonc2c1. The van der Waals surface area contributed by atoms with E-state index in [1.54, 1.807) is 24.3 Å². The Balaban J connectivity index is 1.93. The van der Waals surface area contributed by atoms with Gasteiger partial charge in [-0.3, -0.25) is 0 Å². The van der Waals surface area contributed by atoms with Gasteiger partial charge in [-0.2, -0.15) is 0 Å². The van der Waals surface area contributed by atoms with Gasteiger partial charge in [-0.25, -0.2) is 13.8 Å². The van der Waals surface area contributed by atoms with Gasteiger partial charge < -0.3 is 9.64 Å². The smallest absolute Gasteiger partial charge is 0.330 e. The van der Waals surface area contributed by atoms with Gasteiger partial charge in [-0.15, -0.1) is 0 Å². The van der Waals surface area contributed by atoms with Gasteiger partial charge in [0, 0.05) is 19.7 Å². The van der Waals surface area contributed by atoms with E-state index in [0.29, 0.717) is 17.6 Å². The van der Waals surface area contributed by atoms with Crippen LogP contribution in [0.3, 0.4) is 0 Å². The van der Waals surface area contributed by atoms with Crippen molar-refractivity contribution in [1.82, 2.24) is 10.3 Å². The molecule has 25 heavy (non-hydrogen) atoms. The van der Waals surface area contributed by atoms with Crippen LogP contribution in [0.15, 0.2) is 47.1 Å². The number of fused-ring (bicyclic) bond motifs is 1. The number of anilines is 1. The molecule has 128 valence electrons. The molecule has 0 amide bonds. The Hall–Kier alpha value is -3.22. The molecule has 0 aliphatic rings. The Morgan fingerprint density at radius 1 is 1.28 bits per heavy atom. The summed E-state index contributed by atoms with van der Waals surface area (Å²) in [5.74, 6) is -0.718. The molecule has 0 bridgehead atoms. The number of methoxy groups -OCH3 is 1. The number of halogens is 1. The van der Waals surface area contributed by atoms with E-state index in [9.17, 15) is 9.18 Å². The standard InChI is InChI=1S/C18H16FN3O3/c1-22(11-12-3-6-14(19)7-4-12)16-10-13(5-8-17(23)24-2)9-15-18(16)21-25-20-15/h3-10H,11H2,1-2H3/b8-5+. The minimum atomic E-state index is -0.445. The highest BCUT2D eigenvalue weighted by Crippen LogP contribution is 2.27. The predicted molar refractivity (Wildman–Crippen MR) is 91.4 cm³/mol. The molecule has 3 aromatic rings. The summed E-state index contributed by atoms with van der Waals surface area (Å²) in [5.41, 5.74) is 3.68. The number of hydrogen-bond acceptors (Lipinski definition) is 6. The van der Waals surface area contributed by atoms with Crippen molar-refractivity contribution in [2.75, 3.05) is 19.1 Å².